The van der Waals surface area contributed by atoms with Gasteiger partial charge in [0.25, 0.3) is 0 Å². The van der Waals surface area contributed by atoms with Crippen molar-refractivity contribution in [3.8, 4) is 0 Å². The molecule has 4 N–H and O–H groups in total. The van der Waals surface area contributed by atoms with Crippen LogP contribution in [0.25, 0.3) is 0 Å². The van der Waals surface area contributed by atoms with Gasteiger partial charge in [-0.15, -0.1) is 0 Å². The van der Waals surface area contributed by atoms with E-state index in [1.54, 1.807) is 12.4 Å². The molecule has 21 heavy (non-hydrogen) atoms. The Morgan fingerprint density at radius 1 is 1.29 bits per heavy atom. The lowest BCUT2D eigenvalue weighted by molar-refractivity contribution is -0.116. The van der Waals surface area contributed by atoms with Gasteiger partial charge in [0.2, 0.25) is 5.91 Å². The number of aromatic nitrogens is 1. The maximum absolute atomic E-state index is 11.4. The van der Waals surface area contributed by atoms with Gasteiger partial charge in [-0.3, -0.25) is 9.78 Å². The van der Waals surface area contributed by atoms with Crippen molar-refractivity contribution in [3.63, 3.8) is 0 Å². The van der Waals surface area contributed by atoms with E-state index in [0.717, 1.165) is 28.9 Å². The third-order valence-corrected chi connectivity index (χ3v) is 3.75. The summed E-state index contributed by atoms with van der Waals surface area (Å²) < 4.78 is 0. The first-order valence-electron chi connectivity index (χ1n) is 7.02. The van der Waals surface area contributed by atoms with Crippen LogP contribution in [0.15, 0.2) is 36.7 Å². The third-order valence-electron chi connectivity index (χ3n) is 3.75. The van der Waals surface area contributed by atoms with Crippen LogP contribution in [0.5, 0.6) is 0 Å². The van der Waals surface area contributed by atoms with Crippen LogP contribution < -0.4 is 16.4 Å². The molecule has 108 valence electrons. The summed E-state index contributed by atoms with van der Waals surface area (Å²) in [4.78, 5) is 15.4. The van der Waals surface area contributed by atoms with Crippen molar-refractivity contribution in [1.82, 2.24) is 4.98 Å². The number of aryl methyl sites for hydroxylation is 1. The minimum atomic E-state index is 0.0489. The van der Waals surface area contributed by atoms with Gasteiger partial charge < -0.3 is 16.4 Å². The standard InChI is InChI=1S/C16H18N4O/c1-10(11-4-6-18-7-5-11)19-15-8-12-2-3-16(21)20-14(12)9-13(15)17/h4-10,19H,2-3,17H2,1H3,(H,20,21). The molecule has 5 nitrogen and oxygen atoms in total. The largest absolute Gasteiger partial charge is 0.397 e. The van der Waals surface area contributed by atoms with E-state index in [4.69, 9.17) is 5.73 Å². The van der Waals surface area contributed by atoms with Crippen molar-refractivity contribution in [3.05, 3.63) is 47.8 Å². The number of nitrogen functional groups attached to an aromatic ring is 1. The molecule has 0 radical (unpaired) electrons. The Bertz CT molecular complexity index is 669. The highest BCUT2D eigenvalue weighted by molar-refractivity contribution is 5.95. The van der Waals surface area contributed by atoms with E-state index >= 15 is 0 Å². The number of pyridine rings is 1. The average Bonchev–Trinajstić information content (AvgIpc) is 2.49. The summed E-state index contributed by atoms with van der Waals surface area (Å²) in [5.41, 5.74) is 10.7. The van der Waals surface area contributed by atoms with E-state index in [-0.39, 0.29) is 11.9 Å². The highest BCUT2D eigenvalue weighted by Crippen LogP contribution is 2.32. The SMILES string of the molecule is CC(Nc1cc2c(cc1N)NC(=O)CC2)c1ccncc1. The Morgan fingerprint density at radius 2 is 2.05 bits per heavy atom. The Labute approximate surface area is 123 Å². The molecule has 1 aliphatic heterocycles. The van der Waals surface area contributed by atoms with Crippen molar-refractivity contribution in [2.75, 3.05) is 16.4 Å². The second kappa shape index (κ2) is 5.44. The minimum Gasteiger partial charge on any atom is -0.397 e. The average molecular weight is 282 g/mol. The molecule has 3 rings (SSSR count). The van der Waals surface area contributed by atoms with E-state index in [2.05, 4.69) is 22.5 Å². The van der Waals surface area contributed by atoms with Gasteiger partial charge in [0.1, 0.15) is 0 Å². The van der Waals surface area contributed by atoms with Gasteiger partial charge in [-0.2, -0.15) is 0 Å². The van der Waals surface area contributed by atoms with Crippen molar-refractivity contribution in [2.24, 2.45) is 0 Å². The quantitative estimate of drug-likeness (QED) is 0.756. The molecule has 1 amide bonds. The molecule has 1 aromatic carbocycles. The molecule has 1 aliphatic rings. The Balaban J connectivity index is 1.84. The van der Waals surface area contributed by atoms with Crippen molar-refractivity contribution >= 4 is 23.0 Å². The lowest BCUT2D eigenvalue weighted by Crippen LogP contribution is -2.19. The third kappa shape index (κ3) is 2.81. The number of anilines is 3. The lowest BCUT2D eigenvalue weighted by Gasteiger charge is -2.22. The summed E-state index contributed by atoms with van der Waals surface area (Å²) in [5, 5.41) is 6.28. The molecule has 0 saturated carbocycles. The summed E-state index contributed by atoms with van der Waals surface area (Å²) >= 11 is 0. The second-order valence-corrected chi connectivity index (χ2v) is 5.29. The zero-order chi connectivity index (χ0) is 14.8. The van der Waals surface area contributed by atoms with E-state index in [0.29, 0.717) is 12.1 Å². The first-order valence-corrected chi connectivity index (χ1v) is 7.02. The van der Waals surface area contributed by atoms with Gasteiger partial charge in [-0.1, -0.05) is 0 Å². The first-order chi connectivity index (χ1) is 10.1. The summed E-state index contributed by atoms with van der Waals surface area (Å²) in [6.45, 7) is 2.08. The molecule has 0 fully saturated rings. The highest BCUT2D eigenvalue weighted by Gasteiger charge is 2.17. The summed E-state index contributed by atoms with van der Waals surface area (Å²) in [5.74, 6) is 0.0489. The first kappa shape index (κ1) is 13.4. The van der Waals surface area contributed by atoms with Gasteiger partial charge in [0.15, 0.2) is 0 Å². The van der Waals surface area contributed by atoms with Crippen LogP contribution in [0.2, 0.25) is 0 Å². The van der Waals surface area contributed by atoms with E-state index < -0.39 is 0 Å². The zero-order valence-corrected chi connectivity index (χ0v) is 11.9. The van der Waals surface area contributed by atoms with Crippen LogP contribution in [0.4, 0.5) is 17.1 Å². The number of nitrogens with two attached hydrogens (primary N) is 1. The number of nitrogens with zero attached hydrogens (tertiary/aromatic N) is 1. The number of nitrogens with one attached hydrogen (secondary N) is 2. The van der Waals surface area contributed by atoms with Gasteiger partial charge in [0.05, 0.1) is 11.4 Å². The van der Waals surface area contributed by atoms with Gasteiger partial charge in [-0.05, 0) is 48.7 Å². The fourth-order valence-electron chi connectivity index (χ4n) is 2.54. The van der Waals surface area contributed by atoms with Gasteiger partial charge in [0, 0.05) is 30.5 Å². The van der Waals surface area contributed by atoms with Crippen LogP contribution in [0, 0.1) is 0 Å². The number of fused-ring (bicyclic) bond motifs is 1. The fraction of sp³-hybridized carbons (Fsp3) is 0.250. The zero-order valence-electron chi connectivity index (χ0n) is 11.9. The smallest absolute Gasteiger partial charge is 0.224 e. The van der Waals surface area contributed by atoms with Crippen LogP contribution in [0.1, 0.15) is 30.5 Å². The lowest BCUT2D eigenvalue weighted by atomic mass is 10.0. The molecule has 0 aliphatic carbocycles. The summed E-state index contributed by atoms with van der Waals surface area (Å²) in [6, 6.07) is 7.95. The molecular weight excluding hydrogens is 264 g/mol. The molecule has 5 heteroatoms. The fourth-order valence-corrected chi connectivity index (χ4v) is 2.54. The molecule has 0 saturated heterocycles. The molecular formula is C16H18N4O. The number of rotatable bonds is 3. The number of carbonyl (C=O) groups is 1. The van der Waals surface area contributed by atoms with Crippen molar-refractivity contribution in [2.45, 2.75) is 25.8 Å². The number of carbonyl (C=O) groups excluding carboxylic acids is 1. The van der Waals surface area contributed by atoms with Crippen LogP contribution in [-0.2, 0) is 11.2 Å². The summed E-state index contributed by atoms with van der Waals surface area (Å²) in [7, 11) is 0. The predicted octanol–water partition coefficient (Wildman–Crippen LogP) is 2.72. The van der Waals surface area contributed by atoms with E-state index in [1.165, 1.54) is 0 Å². The number of hydrogen-bond donors (Lipinski definition) is 3. The Hall–Kier alpha value is -2.56. The van der Waals surface area contributed by atoms with E-state index in [9.17, 15) is 4.79 Å². The Morgan fingerprint density at radius 3 is 2.81 bits per heavy atom. The minimum absolute atomic E-state index is 0.0489. The molecule has 2 aromatic rings. The molecule has 0 spiro atoms. The monoisotopic (exact) mass is 282 g/mol. The number of hydrogen-bond acceptors (Lipinski definition) is 4. The molecule has 0 bridgehead atoms. The number of benzene rings is 1. The van der Waals surface area contributed by atoms with Gasteiger partial charge in [-0.25, -0.2) is 0 Å². The summed E-state index contributed by atoms with van der Waals surface area (Å²) in [6.07, 6.45) is 4.83. The van der Waals surface area contributed by atoms with Crippen LogP contribution in [-0.4, -0.2) is 10.9 Å². The molecule has 1 unspecified atom stereocenters. The predicted molar refractivity (Wildman–Crippen MR) is 84.1 cm³/mol. The Kier molecular flexibility index (Phi) is 3.48. The van der Waals surface area contributed by atoms with Crippen molar-refractivity contribution in [1.29, 1.82) is 0 Å². The maximum Gasteiger partial charge on any atom is 0.224 e. The normalized spacial score (nSPS) is 15.0. The maximum atomic E-state index is 11.4. The van der Waals surface area contributed by atoms with Gasteiger partial charge >= 0.3 is 0 Å². The van der Waals surface area contributed by atoms with Crippen LogP contribution >= 0.6 is 0 Å². The molecule has 1 atom stereocenters. The highest BCUT2D eigenvalue weighted by atomic mass is 16.1. The number of amides is 1. The molecule has 1 aromatic heterocycles. The van der Waals surface area contributed by atoms with E-state index in [1.807, 2.05) is 24.3 Å². The second-order valence-electron chi connectivity index (χ2n) is 5.29. The van der Waals surface area contributed by atoms with Crippen molar-refractivity contribution < 1.29 is 4.79 Å². The topological polar surface area (TPSA) is 80.0 Å². The molecule has 2 heterocycles. The van der Waals surface area contributed by atoms with Crippen LogP contribution in [0.3, 0.4) is 0 Å².